The van der Waals surface area contributed by atoms with Crippen molar-refractivity contribution < 1.29 is 18.0 Å². The number of carbonyl (C=O) groups excluding carboxylic acids is 2. The van der Waals surface area contributed by atoms with Crippen molar-refractivity contribution in [3.63, 3.8) is 0 Å². The molecule has 8 nitrogen and oxygen atoms in total. The molecule has 168 valence electrons. The van der Waals surface area contributed by atoms with Crippen molar-refractivity contribution in [2.75, 3.05) is 25.6 Å². The van der Waals surface area contributed by atoms with Crippen LogP contribution < -0.4 is 10.0 Å². The zero-order chi connectivity index (χ0) is 22.9. The van der Waals surface area contributed by atoms with Crippen LogP contribution in [-0.4, -0.2) is 61.8 Å². The SMILES string of the molecule is CSCC[C@@H](NS(=O)(=O)c1ccc(C)cc1)C(=O)NCC(=O)N(C)Cc1cccnc1. The van der Waals surface area contributed by atoms with Gasteiger partial charge in [0.2, 0.25) is 21.8 Å². The molecule has 2 N–H and O–H groups in total. The fourth-order valence-corrected chi connectivity index (χ4v) is 4.43. The summed E-state index contributed by atoms with van der Waals surface area (Å²) < 4.78 is 27.9. The molecule has 0 aliphatic rings. The molecule has 0 saturated heterocycles. The highest BCUT2D eigenvalue weighted by molar-refractivity contribution is 7.98. The standard InChI is InChI=1S/C21H28N4O4S2/c1-16-6-8-18(9-7-16)31(28,29)24-19(10-12-30-3)21(27)23-14-20(26)25(2)15-17-5-4-11-22-13-17/h4-9,11,13,19,24H,10,12,14-15H2,1-3H3,(H,23,27)/t19-/m1/s1. The summed E-state index contributed by atoms with van der Waals surface area (Å²) in [4.78, 5) is 30.6. The predicted octanol–water partition coefficient (Wildman–Crippen LogP) is 1.56. The third kappa shape index (κ3) is 7.97. The minimum absolute atomic E-state index is 0.0901. The molecule has 0 saturated carbocycles. The van der Waals surface area contributed by atoms with Crippen LogP contribution in [-0.2, 0) is 26.2 Å². The van der Waals surface area contributed by atoms with Gasteiger partial charge in [0.25, 0.3) is 0 Å². The van der Waals surface area contributed by atoms with Gasteiger partial charge in [0.15, 0.2) is 0 Å². The van der Waals surface area contributed by atoms with Crippen LogP contribution in [0.15, 0.2) is 53.7 Å². The van der Waals surface area contributed by atoms with E-state index in [4.69, 9.17) is 0 Å². The Kier molecular flexibility index (Phi) is 9.47. The van der Waals surface area contributed by atoms with Crippen molar-refractivity contribution in [3.8, 4) is 0 Å². The average Bonchev–Trinajstić information content (AvgIpc) is 2.75. The molecule has 0 fully saturated rings. The molecule has 0 unspecified atom stereocenters. The number of benzene rings is 1. The number of amides is 2. The van der Waals surface area contributed by atoms with Crippen molar-refractivity contribution in [3.05, 3.63) is 59.9 Å². The number of pyridine rings is 1. The van der Waals surface area contributed by atoms with E-state index in [0.717, 1.165) is 11.1 Å². The monoisotopic (exact) mass is 464 g/mol. The Hall–Kier alpha value is -2.43. The number of hydrogen-bond donors (Lipinski definition) is 2. The Morgan fingerprint density at radius 3 is 2.52 bits per heavy atom. The summed E-state index contributed by atoms with van der Waals surface area (Å²) in [5.74, 6) is -0.237. The van der Waals surface area contributed by atoms with Gasteiger partial charge < -0.3 is 10.2 Å². The molecule has 10 heteroatoms. The third-order valence-electron chi connectivity index (χ3n) is 4.54. The lowest BCUT2D eigenvalue weighted by atomic mass is 10.2. The molecule has 2 aromatic rings. The zero-order valence-electron chi connectivity index (χ0n) is 17.9. The first-order chi connectivity index (χ1) is 14.7. The van der Waals surface area contributed by atoms with Gasteiger partial charge in [0, 0.05) is 26.0 Å². The number of carbonyl (C=O) groups is 2. The second kappa shape index (κ2) is 11.8. The van der Waals surface area contributed by atoms with Crippen molar-refractivity contribution in [1.82, 2.24) is 19.9 Å². The van der Waals surface area contributed by atoms with Crippen LogP contribution in [0.3, 0.4) is 0 Å². The first-order valence-electron chi connectivity index (χ1n) is 9.71. The van der Waals surface area contributed by atoms with Crippen LogP contribution in [0, 0.1) is 6.92 Å². The molecule has 0 radical (unpaired) electrons. The topological polar surface area (TPSA) is 108 Å². The molecule has 1 aromatic heterocycles. The predicted molar refractivity (Wildman–Crippen MR) is 122 cm³/mol. The van der Waals surface area contributed by atoms with E-state index in [2.05, 4.69) is 15.0 Å². The average molecular weight is 465 g/mol. The van der Waals surface area contributed by atoms with Crippen molar-refractivity contribution in [2.24, 2.45) is 0 Å². The molecule has 31 heavy (non-hydrogen) atoms. The molecule has 0 aliphatic heterocycles. The Bertz CT molecular complexity index is 967. The lowest BCUT2D eigenvalue weighted by Crippen LogP contribution is -2.49. The molecule has 0 spiro atoms. The molecule has 0 aliphatic carbocycles. The fourth-order valence-electron chi connectivity index (χ4n) is 2.73. The van der Waals surface area contributed by atoms with Crippen LogP contribution >= 0.6 is 11.8 Å². The molecular formula is C21H28N4O4S2. The van der Waals surface area contributed by atoms with E-state index in [0.29, 0.717) is 18.7 Å². The number of aromatic nitrogens is 1. The summed E-state index contributed by atoms with van der Waals surface area (Å²) in [5.41, 5.74) is 1.80. The number of likely N-dealkylation sites (N-methyl/N-ethyl adjacent to an activating group) is 1. The Morgan fingerprint density at radius 2 is 1.90 bits per heavy atom. The van der Waals surface area contributed by atoms with E-state index < -0.39 is 22.0 Å². The highest BCUT2D eigenvalue weighted by Gasteiger charge is 2.26. The molecule has 2 rings (SSSR count). The van der Waals surface area contributed by atoms with Crippen LogP contribution in [0.1, 0.15) is 17.5 Å². The van der Waals surface area contributed by atoms with E-state index in [1.165, 1.54) is 28.8 Å². The second-order valence-corrected chi connectivity index (χ2v) is 9.80. The molecule has 0 bridgehead atoms. The van der Waals surface area contributed by atoms with Gasteiger partial charge in [-0.2, -0.15) is 16.5 Å². The number of rotatable bonds is 11. The normalized spacial score (nSPS) is 12.2. The smallest absolute Gasteiger partial charge is 0.242 e. The molecule has 1 heterocycles. The van der Waals surface area contributed by atoms with Gasteiger partial charge in [-0.05, 0) is 49.1 Å². The first-order valence-corrected chi connectivity index (χ1v) is 12.6. The summed E-state index contributed by atoms with van der Waals surface area (Å²) in [5, 5.41) is 2.56. The maximum atomic E-state index is 12.7. The largest absolute Gasteiger partial charge is 0.346 e. The Morgan fingerprint density at radius 1 is 1.19 bits per heavy atom. The van der Waals surface area contributed by atoms with Gasteiger partial charge in [-0.1, -0.05) is 23.8 Å². The highest BCUT2D eigenvalue weighted by Crippen LogP contribution is 2.12. The second-order valence-electron chi connectivity index (χ2n) is 7.10. The van der Waals surface area contributed by atoms with E-state index in [1.54, 1.807) is 37.6 Å². The fraction of sp³-hybridized carbons (Fsp3) is 0.381. The van der Waals surface area contributed by atoms with Gasteiger partial charge >= 0.3 is 0 Å². The maximum absolute atomic E-state index is 12.7. The lowest BCUT2D eigenvalue weighted by molar-refractivity contribution is -0.132. The quantitative estimate of drug-likeness (QED) is 0.523. The minimum Gasteiger partial charge on any atom is -0.346 e. The van der Waals surface area contributed by atoms with Crippen LogP contribution in [0.2, 0.25) is 0 Å². The van der Waals surface area contributed by atoms with Crippen LogP contribution in [0.25, 0.3) is 0 Å². The van der Waals surface area contributed by atoms with E-state index >= 15 is 0 Å². The molecular weight excluding hydrogens is 436 g/mol. The number of thioether (sulfide) groups is 1. The van der Waals surface area contributed by atoms with Crippen molar-refractivity contribution in [2.45, 2.75) is 30.8 Å². The highest BCUT2D eigenvalue weighted by atomic mass is 32.2. The summed E-state index contributed by atoms with van der Waals surface area (Å²) in [6.45, 7) is 2.00. The summed E-state index contributed by atoms with van der Waals surface area (Å²) in [6.07, 6.45) is 5.50. The number of nitrogens with zero attached hydrogens (tertiary/aromatic N) is 2. The number of hydrogen-bond acceptors (Lipinski definition) is 6. The summed E-state index contributed by atoms with van der Waals surface area (Å²) in [6, 6.07) is 9.05. The Labute approximate surface area is 187 Å². The van der Waals surface area contributed by atoms with Gasteiger partial charge in [0.05, 0.1) is 11.4 Å². The van der Waals surface area contributed by atoms with Gasteiger partial charge in [-0.25, -0.2) is 8.42 Å². The maximum Gasteiger partial charge on any atom is 0.242 e. The van der Waals surface area contributed by atoms with Gasteiger partial charge in [-0.15, -0.1) is 0 Å². The van der Waals surface area contributed by atoms with Gasteiger partial charge in [-0.3, -0.25) is 14.6 Å². The molecule has 2 amide bonds. The number of sulfonamides is 1. The first kappa shape index (κ1) is 24.8. The molecule has 1 atom stereocenters. The number of nitrogens with one attached hydrogen (secondary N) is 2. The van der Waals surface area contributed by atoms with Crippen molar-refractivity contribution in [1.29, 1.82) is 0 Å². The Balaban J connectivity index is 1.98. The summed E-state index contributed by atoms with van der Waals surface area (Å²) in [7, 11) is -2.24. The van der Waals surface area contributed by atoms with E-state index in [1.807, 2.05) is 19.2 Å². The van der Waals surface area contributed by atoms with Crippen LogP contribution in [0.5, 0.6) is 0 Å². The third-order valence-corrected chi connectivity index (χ3v) is 6.67. The van der Waals surface area contributed by atoms with E-state index in [-0.39, 0.29) is 17.3 Å². The van der Waals surface area contributed by atoms with Crippen molar-refractivity contribution >= 4 is 33.6 Å². The van der Waals surface area contributed by atoms with Crippen LogP contribution in [0.4, 0.5) is 0 Å². The number of aryl methyl sites for hydroxylation is 1. The minimum atomic E-state index is -3.87. The molecule has 1 aromatic carbocycles. The lowest BCUT2D eigenvalue weighted by Gasteiger charge is -2.20. The van der Waals surface area contributed by atoms with E-state index in [9.17, 15) is 18.0 Å². The van der Waals surface area contributed by atoms with Gasteiger partial charge in [0.1, 0.15) is 6.04 Å². The summed E-state index contributed by atoms with van der Waals surface area (Å²) >= 11 is 1.51. The zero-order valence-corrected chi connectivity index (χ0v) is 19.5.